The second-order valence-electron chi connectivity index (χ2n) is 4.03. The smallest absolute Gasteiger partial charge is 0.271 e. The van der Waals surface area contributed by atoms with E-state index in [2.05, 4.69) is 20.7 Å². The van der Waals surface area contributed by atoms with E-state index < -0.39 is 10.0 Å². The van der Waals surface area contributed by atoms with E-state index in [-0.39, 0.29) is 9.20 Å². The van der Waals surface area contributed by atoms with Gasteiger partial charge in [0.15, 0.2) is 0 Å². The molecule has 0 aliphatic rings. The van der Waals surface area contributed by atoms with Gasteiger partial charge in [-0.1, -0.05) is 24.4 Å². The number of hydrogen-bond acceptors (Lipinski definition) is 4. The normalized spacial score (nSPS) is 11.3. The third-order valence-corrected chi connectivity index (χ3v) is 6.26. The summed E-state index contributed by atoms with van der Waals surface area (Å²) in [5.74, 6) is 0. The van der Waals surface area contributed by atoms with Crippen molar-refractivity contribution in [3.63, 3.8) is 0 Å². The molecule has 0 aliphatic carbocycles. The van der Waals surface area contributed by atoms with Crippen LogP contribution in [-0.2, 0) is 10.0 Å². The zero-order valence-corrected chi connectivity index (χ0v) is 14.4. The summed E-state index contributed by atoms with van der Waals surface area (Å²) in [5, 5.41) is 0. The predicted octanol–water partition coefficient (Wildman–Crippen LogP) is 3.25. The van der Waals surface area contributed by atoms with E-state index in [0.29, 0.717) is 11.3 Å². The maximum atomic E-state index is 12.3. The summed E-state index contributed by atoms with van der Waals surface area (Å²) < 4.78 is 28.1. The highest BCUT2D eigenvalue weighted by atomic mass is 79.9. The Morgan fingerprint density at radius 1 is 1.35 bits per heavy atom. The van der Waals surface area contributed by atoms with Crippen molar-refractivity contribution in [2.24, 2.45) is 5.73 Å². The summed E-state index contributed by atoms with van der Waals surface area (Å²) in [6.45, 7) is 1.83. The van der Waals surface area contributed by atoms with Crippen molar-refractivity contribution >= 4 is 60.2 Å². The molecule has 3 N–H and O–H groups in total. The van der Waals surface area contributed by atoms with Crippen LogP contribution in [0.2, 0.25) is 0 Å². The number of sulfonamides is 1. The number of anilines is 1. The minimum atomic E-state index is -3.64. The van der Waals surface area contributed by atoms with Crippen molar-refractivity contribution in [2.75, 3.05) is 4.72 Å². The number of nitrogens with two attached hydrogens (primary N) is 1. The van der Waals surface area contributed by atoms with Crippen molar-refractivity contribution in [1.29, 1.82) is 0 Å². The minimum Gasteiger partial charge on any atom is -0.389 e. The van der Waals surface area contributed by atoms with E-state index in [9.17, 15) is 8.42 Å². The minimum absolute atomic E-state index is 0.160. The molecule has 2 rings (SSSR count). The molecule has 0 unspecified atom stereocenters. The highest BCUT2D eigenvalue weighted by Gasteiger charge is 2.19. The third kappa shape index (κ3) is 3.20. The molecule has 8 heteroatoms. The summed E-state index contributed by atoms with van der Waals surface area (Å²) in [7, 11) is -3.64. The number of rotatable bonds is 4. The lowest BCUT2D eigenvalue weighted by Gasteiger charge is -2.13. The molecule has 1 heterocycles. The van der Waals surface area contributed by atoms with Gasteiger partial charge >= 0.3 is 0 Å². The number of aryl methyl sites for hydroxylation is 1. The second kappa shape index (κ2) is 5.80. The van der Waals surface area contributed by atoms with Crippen molar-refractivity contribution < 1.29 is 8.42 Å². The Morgan fingerprint density at radius 2 is 2.05 bits per heavy atom. The molecule has 1 aromatic heterocycles. The lowest BCUT2D eigenvalue weighted by atomic mass is 10.1. The Hall–Kier alpha value is -0.960. The van der Waals surface area contributed by atoms with E-state index in [1.165, 1.54) is 6.07 Å². The van der Waals surface area contributed by atoms with Crippen molar-refractivity contribution in [3.8, 4) is 0 Å². The van der Waals surface area contributed by atoms with Crippen molar-refractivity contribution in [1.82, 2.24) is 0 Å². The summed E-state index contributed by atoms with van der Waals surface area (Å²) >= 11 is 9.36. The first-order valence-corrected chi connectivity index (χ1v) is 8.99. The monoisotopic (exact) mass is 390 g/mol. The summed E-state index contributed by atoms with van der Waals surface area (Å²) in [4.78, 5) is 0.160. The number of thiophene rings is 1. The first-order chi connectivity index (χ1) is 9.31. The highest BCUT2D eigenvalue weighted by molar-refractivity contribution is 9.11. The van der Waals surface area contributed by atoms with Crippen LogP contribution in [0, 0.1) is 6.92 Å². The maximum absolute atomic E-state index is 12.3. The van der Waals surface area contributed by atoms with Crippen molar-refractivity contribution in [3.05, 3.63) is 45.2 Å². The first kappa shape index (κ1) is 15.4. The predicted molar refractivity (Wildman–Crippen MR) is 89.9 cm³/mol. The Balaban J connectivity index is 2.45. The zero-order valence-electron chi connectivity index (χ0n) is 10.4. The van der Waals surface area contributed by atoms with Crippen LogP contribution in [0.4, 0.5) is 5.69 Å². The Labute approximate surface area is 135 Å². The van der Waals surface area contributed by atoms with Gasteiger partial charge in [0.1, 0.15) is 9.20 Å². The Kier molecular flexibility index (Phi) is 4.48. The quantitative estimate of drug-likeness (QED) is 0.785. The van der Waals surface area contributed by atoms with E-state index in [4.69, 9.17) is 18.0 Å². The molecule has 0 bridgehead atoms. The molecule has 0 aliphatic heterocycles. The summed E-state index contributed by atoms with van der Waals surface area (Å²) in [5.41, 5.74) is 7.43. The van der Waals surface area contributed by atoms with E-state index in [1.807, 2.05) is 13.0 Å². The summed E-state index contributed by atoms with van der Waals surface area (Å²) in [6, 6.07) is 8.44. The maximum Gasteiger partial charge on any atom is 0.271 e. The van der Waals surface area contributed by atoms with Gasteiger partial charge in [-0.3, -0.25) is 4.72 Å². The van der Waals surface area contributed by atoms with Crippen LogP contribution in [-0.4, -0.2) is 13.4 Å². The fourth-order valence-corrected chi connectivity index (χ4v) is 5.07. The molecule has 2 aromatic rings. The number of halogens is 1. The van der Waals surface area contributed by atoms with Crippen molar-refractivity contribution in [2.45, 2.75) is 11.1 Å². The second-order valence-corrected chi connectivity index (χ2v) is 8.84. The van der Waals surface area contributed by atoms with Gasteiger partial charge in [-0.05, 0) is 46.6 Å². The molecule has 20 heavy (non-hydrogen) atoms. The molecule has 0 saturated carbocycles. The van der Waals surface area contributed by atoms with Gasteiger partial charge in [0, 0.05) is 5.56 Å². The van der Waals surface area contributed by atoms with Crippen LogP contribution < -0.4 is 10.5 Å². The first-order valence-electron chi connectivity index (χ1n) is 5.49. The van der Waals surface area contributed by atoms with Crippen LogP contribution in [0.1, 0.15) is 11.1 Å². The summed E-state index contributed by atoms with van der Waals surface area (Å²) in [6.07, 6.45) is 0. The number of hydrogen-bond donors (Lipinski definition) is 2. The molecular weight excluding hydrogens is 380 g/mol. The Morgan fingerprint density at radius 3 is 2.60 bits per heavy atom. The average Bonchev–Trinajstić information content (AvgIpc) is 2.75. The Bertz CT molecular complexity index is 769. The molecule has 0 radical (unpaired) electrons. The fraction of sp³-hybridized carbons (Fsp3) is 0.0833. The van der Waals surface area contributed by atoms with Gasteiger partial charge < -0.3 is 5.73 Å². The van der Waals surface area contributed by atoms with Gasteiger partial charge in [0.2, 0.25) is 0 Å². The zero-order chi connectivity index (χ0) is 14.9. The third-order valence-electron chi connectivity index (χ3n) is 2.58. The van der Waals surface area contributed by atoms with Gasteiger partial charge in [0.25, 0.3) is 10.0 Å². The topological polar surface area (TPSA) is 72.2 Å². The van der Waals surface area contributed by atoms with E-state index in [0.717, 1.165) is 20.7 Å². The molecule has 106 valence electrons. The van der Waals surface area contributed by atoms with Gasteiger partial charge in [0.05, 0.1) is 9.47 Å². The van der Waals surface area contributed by atoms with E-state index in [1.54, 1.807) is 18.2 Å². The largest absolute Gasteiger partial charge is 0.389 e. The molecule has 0 fully saturated rings. The number of thiocarbonyl (C=S) groups is 1. The van der Waals surface area contributed by atoms with Crippen LogP contribution in [0.3, 0.4) is 0 Å². The lowest BCUT2D eigenvalue weighted by Crippen LogP contribution is -2.18. The van der Waals surface area contributed by atoms with Gasteiger partial charge in [-0.15, -0.1) is 11.3 Å². The molecule has 0 amide bonds. The van der Waals surface area contributed by atoms with Crippen LogP contribution in [0.25, 0.3) is 0 Å². The molecule has 0 spiro atoms. The number of benzene rings is 1. The molecule has 4 nitrogen and oxygen atoms in total. The molecular formula is C12H11BrN2O2S3. The van der Waals surface area contributed by atoms with Gasteiger partial charge in [-0.25, -0.2) is 8.42 Å². The van der Waals surface area contributed by atoms with Gasteiger partial charge in [-0.2, -0.15) is 0 Å². The molecule has 0 atom stereocenters. The van der Waals surface area contributed by atoms with Crippen LogP contribution >= 0.6 is 39.5 Å². The van der Waals surface area contributed by atoms with Crippen LogP contribution in [0.5, 0.6) is 0 Å². The molecule has 1 aromatic carbocycles. The average molecular weight is 391 g/mol. The van der Waals surface area contributed by atoms with Crippen LogP contribution in [0.15, 0.2) is 38.3 Å². The number of nitrogens with one attached hydrogen (secondary N) is 1. The lowest BCUT2D eigenvalue weighted by molar-refractivity contribution is 0.603. The molecule has 0 saturated heterocycles. The van der Waals surface area contributed by atoms with E-state index >= 15 is 0 Å². The SMILES string of the molecule is Cc1cccc(NS(=O)(=O)c2ccc(Br)s2)c1C(N)=S. The fourth-order valence-electron chi connectivity index (χ4n) is 1.72. The standard InChI is InChI=1S/C12H11BrN2O2S3/c1-7-3-2-4-8(11(7)12(14)18)15-20(16,17)10-6-5-9(13)19-10/h2-6,15H,1H3,(H2,14,18). The highest BCUT2D eigenvalue weighted by Crippen LogP contribution is 2.29.